The van der Waals surface area contributed by atoms with Crippen LogP contribution in [0.1, 0.15) is 10.4 Å². The van der Waals surface area contributed by atoms with Crippen molar-refractivity contribution in [1.29, 1.82) is 0 Å². The van der Waals surface area contributed by atoms with E-state index in [1.165, 1.54) is 0 Å². The van der Waals surface area contributed by atoms with Crippen molar-refractivity contribution in [1.82, 2.24) is 15.2 Å². The molecule has 0 saturated carbocycles. The van der Waals surface area contributed by atoms with Crippen LogP contribution >= 0.6 is 36.4 Å². The molecule has 0 aliphatic carbocycles. The summed E-state index contributed by atoms with van der Waals surface area (Å²) in [4.78, 5) is 19.2. The van der Waals surface area contributed by atoms with E-state index in [1.807, 2.05) is 65.6 Å². The molecule has 3 aromatic rings. The smallest absolute Gasteiger partial charge is 0.254 e. The van der Waals surface area contributed by atoms with Gasteiger partial charge >= 0.3 is 0 Å². The number of hydrogen-bond acceptors (Lipinski definition) is 4. The van der Waals surface area contributed by atoms with Crippen LogP contribution in [0.25, 0.3) is 11.1 Å². The number of rotatable bonds is 5. The van der Waals surface area contributed by atoms with Gasteiger partial charge in [0.2, 0.25) is 0 Å². The van der Waals surface area contributed by atoms with Crippen LogP contribution in [0.2, 0.25) is 5.02 Å². The summed E-state index contributed by atoms with van der Waals surface area (Å²) in [6.45, 7) is 2.53. The summed E-state index contributed by atoms with van der Waals surface area (Å²) >= 11 is 5.99. The lowest BCUT2D eigenvalue weighted by molar-refractivity contribution is 0.0559. The van der Waals surface area contributed by atoms with E-state index in [9.17, 15) is 4.79 Å². The highest BCUT2D eigenvalue weighted by molar-refractivity contribution is 6.30. The molecule has 1 atom stereocenters. The average molecular weight is 481 g/mol. The summed E-state index contributed by atoms with van der Waals surface area (Å²) < 4.78 is 5.86. The molecule has 5 nitrogen and oxygen atoms in total. The number of aromatic nitrogens is 1. The van der Waals surface area contributed by atoms with Gasteiger partial charge in [-0.05, 0) is 47.5 Å². The highest BCUT2D eigenvalue weighted by Crippen LogP contribution is 2.23. The van der Waals surface area contributed by atoms with E-state index in [4.69, 9.17) is 16.3 Å². The first-order chi connectivity index (χ1) is 14.2. The van der Waals surface area contributed by atoms with Gasteiger partial charge in [0.05, 0.1) is 12.2 Å². The molecule has 1 unspecified atom stereocenters. The summed E-state index contributed by atoms with van der Waals surface area (Å²) in [5, 5.41) is 4.04. The molecular weight excluding hydrogens is 457 g/mol. The van der Waals surface area contributed by atoms with Crippen molar-refractivity contribution in [2.75, 3.05) is 26.2 Å². The number of nitrogens with zero attached hydrogens (tertiary/aromatic N) is 2. The van der Waals surface area contributed by atoms with Gasteiger partial charge in [-0.15, -0.1) is 24.8 Å². The van der Waals surface area contributed by atoms with Crippen molar-refractivity contribution in [3.63, 3.8) is 0 Å². The molecular formula is C23H24Cl3N3O2. The third-order valence-corrected chi connectivity index (χ3v) is 5.23. The first kappa shape index (κ1) is 25.0. The SMILES string of the molecule is Cl.Cl.O=C(c1cccc(-c2ccc(Cl)cc2)c1)N1CCNCC1COc1cccnc1. The Morgan fingerprint density at radius 1 is 1.10 bits per heavy atom. The Labute approximate surface area is 199 Å². The Balaban J connectivity index is 0.00000171. The molecule has 31 heavy (non-hydrogen) atoms. The lowest BCUT2D eigenvalue weighted by Crippen LogP contribution is -2.55. The van der Waals surface area contributed by atoms with E-state index >= 15 is 0 Å². The van der Waals surface area contributed by atoms with Gasteiger partial charge in [-0.25, -0.2) is 0 Å². The Bertz CT molecular complexity index is 971. The summed E-state index contributed by atoms with van der Waals surface area (Å²) in [6.07, 6.45) is 3.39. The summed E-state index contributed by atoms with van der Waals surface area (Å²) in [6, 6.07) is 19.0. The minimum Gasteiger partial charge on any atom is -0.490 e. The number of benzene rings is 2. The van der Waals surface area contributed by atoms with Gasteiger partial charge in [-0.2, -0.15) is 0 Å². The highest BCUT2D eigenvalue weighted by atomic mass is 35.5. The number of pyridine rings is 1. The number of carbonyl (C=O) groups excluding carboxylic acids is 1. The van der Waals surface area contributed by atoms with Crippen LogP contribution in [0.15, 0.2) is 73.1 Å². The molecule has 1 saturated heterocycles. The van der Waals surface area contributed by atoms with Crippen molar-refractivity contribution in [2.45, 2.75) is 6.04 Å². The summed E-state index contributed by atoms with van der Waals surface area (Å²) in [7, 11) is 0. The number of hydrogen-bond donors (Lipinski definition) is 1. The Hall–Kier alpha value is -2.31. The maximum atomic E-state index is 13.3. The topological polar surface area (TPSA) is 54.5 Å². The molecule has 0 spiro atoms. The van der Waals surface area contributed by atoms with Gasteiger partial charge in [0.1, 0.15) is 12.4 Å². The van der Waals surface area contributed by atoms with Crippen molar-refractivity contribution < 1.29 is 9.53 Å². The zero-order chi connectivity index (χ0) is 20.1. The lowest BCUT2D eigenvalue weighted by Gasteiger charge is -2.36. The van der Waals surface area contributed by atoms with Crippen molar-refractivity contribution >= 4 is 42.3 Å². The van der Waals surface area contributed by atoms with E-state index in [0.717, 1.165) is 17.7 Å². The van der Waals surface area contributed by atoms with Gasteiger partial charge in [0.25, 0.3) is 5.91 Å². The number of nitrogens with one attached hydrogen (secondary N) is 1. The molecule has 4 rings (SSSR count). The van der Waals surface area contributed by atoms with Gasteiger partial charge in [-0.3, -0.25) is 9.78 Å². The van der Waals surface area contributed by atoms with Crippen molar-refractivity contribution in [2.24, 2.45) is 0 Å². The third kappa shape index (κ3) is 6.34. The van der Waals surface area contributed by atoms with Crippen LogP contribution in [-0.4, -0.2) is 48.1 Å². The molecule has 0 radical (unpaired) electrons. The maximum absolute atomic E-state index is 13.3. The fraction of sp³-hybridized carbons (Fsp3) is 0.217. The molecule has 1 aliphatic rings. The molecule has 2 aromatic carbocycles. The van der Waals surface area contributed by atoms with Crippen molar-refractivity contribution in [3.05, 3.63) is 83.6 Å². The van der Waals surface area contributed by atoms with Crippen LogP contribution in [0.4, 0.5) is 0 Å². The predicted molar refractivity (Wildman–Crippen MR) is 129 cm³/mol. The zero-order valence-corrected chi connectivity index (χ0v) is 19.1. The minimum atomic E-state index is -0.0457. The summed E-state index contributed by atoms with van der Waals surface area (Å²) in [5.74, 6) is 0.720. The van der Waals surface area contributed by atoms with Crippen LogP contribution in [0, 0.1) is 0 Å². The number of carbonyl (C=O) groups is 1. The quantitative estimate of drug-likeness (QED) is 0.573. The van der Waals surface area contributed by atoms with E-state index in [1.54, 1.807) is 12.4 Å². The van der Waals surface area contributed by atoms with Crippen LogP contribution < -0.4 is 10.1 Å². The normalized spacial score (nSPS) is 15.4. The van der Waals surface area contributed by atoms with Crippen LogP contribution in [0.3, 0.4) is 0 Å². The molecule has 1 aliphatic heterocycles. The monoisotopic (exact) mass is 479 g/mol. The van der Waals surface area contributed by atoms with Crippen molar-refractivity contribution in [3.8, 4) is 16.9 Å². The van der Waals surface area contributed by atoms with Gasteiger partial charge < -0.3 is 15.0 Å². The second kappa shape index (κ2) is 11.9. The Kier molecular flexibility index (Phi) is 9.59. The molecule has 1 N–H and O–H groups in total. The number of amides is 1. The van der Waals surface area contributed by atoms with Crippen LogP contribution in [0.5, 0.6) is 5.75 Å². The van der Waals surface area contributed by atoms with E-state index < -0.39 is 0 Å². The minimum absolute atomic E-state index is 0. The van der Waals surface area contributed by atoms with Crippen LogP contribution in [-0.2, 0) is 0 Å². The van der Waals surface area contributed by atoms with E-state index in [0.29, 0.717) is 36.0 Å². The lowest BCUT2D eigenvalue weighted by atomic mass is 10.0. The zero-order valence-electron chi connectivity index (χ0n) is 16.7. The van der Waals surface area contributed by atoms with E-state index in [2.05, 4.69) is 10.3 Å². The predicted octanol–water partition coefficient (Wildman–Crippen LogP) is 4.74. The molecule has 1 amide bonds. The van der Waals surface area contributed by atoms with Gasteiger partial charge in [-0.1, -0.05) is 35.9 Å². The van der Waals surface area contributed by atoms with Gasteiger partial charge in [0, 0.05) is 36.4 Å². The first-order valence-electron chi connectivity index (χ1n) is 9.61. The number of piperazine rings is 1. The fourth-order valence-corrected chi connectivity index (χ4v) is 3.57. The fourth-order valence-electron chi connectivity index (χ4n) is 3.44. The standard InChI is InChI=1S/C23H22ClN3O2.2ClH/c24-20-8-6-17(7-9-20)18-3-1-4-19(13-18)23(28)27-12-11-26-14-21(27)16-29-22-5-2-10-25-15-22;;/h1-10,13,15,21,26H,11-12,14,16H2;2*1H. The number of ether oxygens (including phenoxy) is 1. The molecule has 1 fully saturated rings. The maximum Gasteiger partial charge on any atom is 0.254 e. The second-order valence-corrected chi connectivity index (χ2v) is 7.38. The highest BCUT2D eigenvalue weighted by Gasteiger charge is 2.28. The molecule has 2 heterocycles. The van der Waals surface area contributed by atoms with Gasteiger partial charge in [0.15, 0.2) is 0 Å². The Morgan fingerprint density at radius 2 is 1.90 bits per heavy atom. The molecule has 1 aromatic heterocycles. The molecule has 0 bridgehead atoms. The summed E-state index contributed by atoms with van der Waals surface area (Å²) in [5.41, 5.74) is 2.69. The first-order valence-corrected chi connectivity index (χ1v) is 9.99. The third-order valence-electron chi connectivity index (χ3n) is 4.97. The average Bonchev–Trinajstić information content (AvgIpc) is 2.79. The Morgan fingerprint density at radius 3 is 2.65 bits per heavy atom. The molecule has 8 heteroatoms. The molecule has 164 valence electrons. The largest absolute Gasteiger partial charge is 0.490 e. The van der Waals surface area contributed by atoms with E-state index in [-0.39, 0.29) is 36.8 Å². The second-order valence-electron chi connectivity index (χ2n) is 6.94. The number of halogens is 3.